The van der Waals surface area contributed by atoms with Crippen molar-refractivity contribution in [1.29, 1.82) is 0 Å². The predicted molar refractivity (Wildman–Crippen MR) is 52.9 cm³/mol. The van der Waals surface area contributed by atoms with Crippen LogP contribution in [0.2, 0.25) is 0 Å². The zero-order valence-corrected chi connectivity index (χ0v) is 8.90. The number of aryl methyl sites for hydroxylation is 1. The van der Waals surface area contributed by atoms with Crippen molar-refractivity contribution >= 4 is 22.9 Å². The van der Waals surface area contributed by atoms with E-state index in [-0.39, 0.29) is 4.87 Å². The molecule has 0 aliphatic heterocycles. The van der Waals surface area contributed by atoms with Crippen LogP contribution in [0.1, 0.15) is 12.8 Å². The van der Waals surface area contributed by atoms with Crippen LogP contribution in [-0.4, -0.2) is 22.8 Å². The van der Waals surface area contributed by atoms with Gasteiger partial charge in [-0.05, 0) is 24.2 Å². The van der Waals surface area contributed by atoms with Gasteiger partial charge in [-0.15, -0.1) is 16.7 Å². The second-order valence-electron chi connectivity index (χ2n) is 2.46. The molecule has 1 rings (SSSR count). The van der Waals surface area contributed by atoms with E-state index in [1.807, 2.05) is 0 Å². The van der Waals surface area contributed by atoms with Crippen LogP contribution in [0.15, 0.2) is 4.79 Å². The van der Waals surface area contributed by atoms with Gasteiger partial charge in [-0.3, -0.25) is 4.79 Å². The van der Waals surface area contributed by atoms with Gasteiger partial charge in [0, 0.05) is 12.4 Å². The maximum atomic E-state index is 11.2. The van der Waals surface area contributed by atoms with Gasteiger partial charge < -0.3 is 4.74 Å². The highest BCUT2D eigenvalue weighted by atomic mass is 35.5. The van der Waals surface area contributed by atoms with Gasteiger partial charge >= 0.3 is 4.87 Å². The number of methoxy groups -OCH3 is 1. The van der Waals surface area contributed by atoms with Gasteiger partial charge in [0.15, 0.2) is 0 Å². The van der Waals surface area contributed by atoms with Crippen molar-refractivity contribution in [2.24, 2.45) is 0 Å². The molecule has 0 bridgehead atoms. The number of hydrogen-bond donors (Lipinski definition) is 0. The fraction of sp³-hybridized carbons (Fsp3) is 0.714. The van der Waals surface area contributed by atoms with Crippen LogP contribution in [0.4, 0.5) is 0 Å². The molecule has 13 heavy (non-hydrogen) atoms. The normalized spacial score (nSPS) is 10.3. The molecule has 1 aromatic rings. The largest absolute Gasteiger partial charge is 0.472 e. The molecule has 0 atom stereocenters. The summed E-state index contributed by atoms with van der Waals surface area (Å²) >= 11 is 6.52. The minimum Gasteiger partial charge on any atom is -0.472 e. The van der Waals surface area contributed by atoms with E-state index >= 15 is 0 Å². The highest BCUT2D eigenvalue weighted by molar-refractivity contribution is 7.10. The van der Waals surface area contributed by atoms with Crippen molar-refractivity contribution in [1.82, 2.24) is 9.78 Å². The lowest BCUT2D eigenvalue weighted by molar-refractivity contribution is 0.394. The Hall–Kier alpha value is -0.550. The molecule has 74 valence electrons. The summed E-state index contributed by atoms with van der Waals surface area (Å²) in [5.74, 6) is 0.621. The average molecular weight is 223 g/mol. The molecule has 0 saturated heterocycles. The highest BCUT2D eigenvalue weighted by Gasteiger charge is 2.04. The molecule has 0 fully saturated rings. The lowest BCUT2D eigenvalue weighted by atomic mass is 10.3. The Kier molecular flexibility index (Phi) is 4.24. The van der Waals surface area contributed by atoms with Gasteiger partial charge in [0.05, 0.1) is 7.11 Å². The van der Waals surface area contributed by atoms with E-state index < -0.39 is 0 Å². The molecule has 0 unspecified atom stereocenters. The number of hydrogen-bond acceptors (Lipinski definition) is 4. The quantitative estimate of drug-likeness (QED) is 0.558. The minimum absolute atomic E-state index is 0.0774. The SMILES string of the molecule is COc1nn(CCCCCl)c(=O)s1. The van der Waals surface area contributed by atoms with E-state index in [2.05, 4.69) is 5.10 Å². The van der Waals surface area contributed by atoms with Gasteiger partial charge in [0.2, 0.25) is 0 Å². The molecule has 1 aromatic heterocycles. The van der Waals surface area contributed by atoms with Gasteiger partial charge in [0.25, 0.3) is 5.19 Å². The zero-order valence-electron chi connectivity index (χ0n) is 7.33. The number of nitrogens with zero attached hydrogens (tertiary/aromatic N) is 2. The number of ether oxygens (including phenoxy) is 1. The Morgan fingerprint density at radius 2 is 2.38 bits per heavy atom. The lowest BCUT2D eigenvalue weighted by Crippen LogP contribution is -2.14. The summed E-state index contributed by atoms with van der Waals surface area (Å²) in [6, 6.07) is 0. The van der Waals surface area contributed by atoms with Crippen LogP contribution in [0.3, 0.4) is 0 Å². The summed E-state index contributed by atoms with van der Waals surface area (Å²) in [5, 5.41) is 4.37. The maximum Gasteiger partial charge on any atom is 0.328 e. The lowest BCUT2D eigenvalue weighted by Gasteiger charge is -1.96. The summed E-state index contributed by atoms with van der Waals surface area (Å²) < 4.78 is 6.26. The second kappa shape index (κ2) is 5.24. The van der Waals surface area contributed by atoms with Crippen LogP contribution >= 0.6 is 22.9 Å². The van der Waals surface area contributed by atoms with Gasteiger partial charge in [-0.2, -0.15) is 0 Å². The Labute approximate surface area is 85.1 Å². The number of unbranched alkanes of at least 4 members (excludes halogenated alkanes) is 1. The van der Waals surface area contributed by atoms with Gasteiger partial charge in [-0.1, -0.05) is 0 Å². The van der Waals surface area contributed by atoms with E-state index in [9.17, 15) is 4.79 Å². The first-order valence-electron chi connectivity index (χ1n) is 3.96. The molecule has 0 aliphatic rings. The Morgan fingerprint density at radius 1 is 1.62 bits per heavy atom. The molecule has 1 heterocycles. The molecule has 4 nitrogen and oxygen atoms in total. The zero-order chi connectivity index (χ0) is 9.68. The second-order valence-corrected chi connectivity index (χ2v) is 3.74. The molecular weight excluding hydrogens is 212 g/mol. The Morgan fingerprint density at radius 3 is 2.92 bits per heavy atom. The minimum atomic E-state index is -0.0774. The fourth-order valence-corrected chi connectivity index (χ4v) is 1.67. The topological polar surface area (TPSA) is 44.1 Å². The van der Waals surface area contributed by atoms with Gasteiger partial charge in [-0.25, -0.2) is 4.68 Å². The third-order valence-electron chi connectivity index (χ3n) is 1.52. The number of rotatable bonds is 5. The third kappa shape index (κ3) is 3.00. The van der Waals surface area contributed by atoms with Crippen molar-refractivity contribution in [2.45, 2.75) is 19.4 Å². The average Bonchev–Trinajstić information content (AvgIpc) is 2.48. The fourth-order valence-electron chi connectivity index (χ4n) is 0.867. The smallest absolute Gasteiger partial charge is 0.328 e. The van der Waals surface area contributed by atoms with E-state index in [1.54, 1.807) is 0 Å². The van der Waals surface area contributed by atoms with Crippen LogP contribution in [0, 0.1) is 0 Å². The van der Waals surface area contributed by atoms with Crippen molar-refractivity contribution < 1.29 is 4.74 Å². The van der Waals surface area contributed by atoms with Crippen LogP contribution in [-0.2, 0) is 6.54 Å². The van der Waals surface area contributed by atoms with Crippen LogP contribution < -0.4 is 9.61 Å². The maximum absolute atomic E-state index is 11.2. The first kappa shape index (κ1) is 10.5. The van der Waals surface area contributed by atoms with Crippen LogP contribution in [0.25, 0.3) is 0 Å². The first-order chi connectivity index (χ1) is 6.27. The number of halogens is 1. The molecule has 0 amide bonds. The predicted octanol–water partition coefficient (Wildman–Crippen LogP) is 1.33. The summed E-state index contributed by atoms with van der Waals surface area (Å²) in [4.78, 5) is 11.1. The number of alkyl halides is 1. The van der Waals surface area contributed by atoms with E-state index in [0.717, 1.165) is 24.2 Å². The molecule has 0 radical (unpaired) electrons. The molecule has 0 N–H and O–H groups in total. The molecule has 0 aliphatic carbocycles. The van der Waals surface area contributed by atoms with Crippen LogP contribution in [0.5, 0.6) is 5.19 Å². The number of aromatic nitrogens is 2. The highest BCUT2D eigenvalue weighted by Crippen LogP contribution is 2.08. The van der Waals surface area contributed by atoms with Crippen molar-refractivity contribution in [3.8, 4) is 5.19 Å². The van der Waals surface area contributed by atoms with Crippen molar-refractivity contribution in [3.05, 3.63) is 9.67 Å². The summed E-state index contributed by atoms with van der Waals surface area (Å²) in [5.41, 5.74) is 0. The van der Waals surface area contributed by atoms with Crippen molar-refractivity contribution in [2.75, 3.05) is 13.0 Å². The molecule has 0 saturated carbocycles. The monoisotopic (exact) mass is 222 g/mol. The molecule has 0 aromatic carbocycles. The Bertz CT molecular complexity index is 310. The summed E-state index contributed by atoms with van der Waals surface area (Å²) in [7, 11) is 1.50. The Balaban J connectivity index is 2.55. The first-order valence-corrected chi connectivity index (χ1v) is 5.31. The third-order valence-corrected chi connectivity index (χ3v) is 2.59. The van der Waals surface area contributed by atoms with E-state index in [1.165, 1.54) is 11.8 Å². The standard InChI is InChI=1S/C7H11ClN2O2S/c1-12-6-9-10(7(11)13-6)5-3-2-4-8/h2-5H2,1H3. The van der Waals surface area contributed by atoms with E-state index in [4.69, 9.17) is 16.3 Å². The molecular formula is C7H11ClN2O2S. The summed E-state index contributed by atoms with van der Waals surface area (Å²) in [6.45, 7) is 0.616. The molecule has 6 heteroatoms. The van der Waals surface area contributed by atoms with Gasteiger partial charge in [0.1, 0.15) is 0 Å². The molecule has 0 spiro atoms. The van der Waals surface area contributed by atoms with E-state index in [0.29, 0.717) is 17.6 Å². The summed E-state index contributed by atoms with van der Waals surface area (Å²) in [6.07, 6.45) is 1.77. The van der Waals surface area contributed by atoms with Crippen molar-refractivity contribution in [3.63, 3.8) is 0 Å².